The van der Waals surface area contributed by atoms with Crippen LogP contribution in [0.5, 0.6) is 0 Å². The van der Waals surface area contributed by atoms with Crippen molar-refractivity contribution < 1.29 is 4.74 Å². The monoisotopic (exact) mass is 213 g/mol. The standard InChI is InChI=1S/C13H27NO/c1-11-5-7-12(8-6-11)15-10-9-14-13(2,3)4/h11-12,14H,5-10H2,1-4H3. The lowest BCUT2D eigenvalue weighted by atomic mass is 9.89. The Kier molecular flexibility index (Phi) is 5.07. The topological polar surface area (TPSA) is 21.3 Å². The molecule has 0 spiro atoms. The largest absolute Gasteiger partial charge is 0.377 e. The van der Waals surface area contributed by atoms with Gasteiger partial charge >= 0.3 is 0 Å². The quantitative estimate of drug-likeness (QED) is 0.725. The summed E-state index contributed by atoms with van der Waals surface area (Å²) in [5, 5.41) is 3.45. The molecule has 0 bridgehead atoms. The zero-order valence-corrected chi connectivity index (χ0v) is 10.8. The Morgan fingerprint density at radius 2 is 1.73 bits per heavy atom. The van der Waals surface area contributed by atoms with Crippen LogP contribution in [-0.2, 0) is 4.74 Å². The SMILES string of the molecule is CC1CCC(OCCNC(C)(C)C)CC1. The molecule has 0 aromatic rings. The van der Waals surface area contributed by atoms with E-state index in [1.54, 1.807) is 0 Å². The molecule has 1 aliphatic rings. The Morgan fingerprint density at radius 3 is 2.27 bits per heavy atom. The van der Waals surface area contributed by atoms with Crippen molar-refractivity contribution in [3.05, 3.63) is 0 Å². The van der Waals surface area contributed by atoms with Gasteiger partial charge in [0.1, 0.15) is 0 Å². The summed E-state index contributed by atoms with van der Waals surface area (Å²) in [4.78, 5) is 0. The first-order valence-corrected chi connectivity index (χ1v) is 6.34. The molecule has 0 heterocycles. The Hall–Kier alpha value is -0.0800. The summed E-state index contributed by atoms with van der Waals surface area (Å²) in [5.41, 5.74) is 0.213. The van der Waals surface area contributed by atoms with Crippen LogP contribution < -0.4 is 5.32 Å². The van der Waals surface area contributed by atoms with Gasteiger partial charge in [-0.3, -0.25) is 0 Å². The van der Waals surface area contributed by atoms with Gasteiger partial charge in [-0.2, -0.15) is 0 Å². The van der Waals surface area contributed by atoms with Gasteiger partial charge < -0.3 is 10.1 Å². The van der Waals surface area contributed by atoms with E-state index in [1.807, 2.05) is 0 Å². The van der Waals surface area contributed by atoms with Gasteiger partial charge in [-0.1, -0.05) is 6.92 Å². The predicted molar refractivity (Wildman–Crippen MR) is 65.1 cm³/mol. The first-order chi connectivity index (χ1) is 6.97. The molecule has 0 aliphatic heterocycles. The fourth-order valence-electron chi connectivity index (χ4n) is 2.05. The molecule has 0 radical (unpaired) electrons. The average Bonchev–Trinajstić information content (AvgIpc) is 2.14. The van der Waals surface area contributed by atoms with E-state index in [4.69, 9.17) is 4.74 Å². The van der Waals surface area contributed by atoms with Crippen LogP contribution in [0.25, 0.3) is 0 Å². The molecule has 0 amide bonds. The Bertz CT molecular complexity index is 166. The Morgan fingerprint density at radius 1 is 1.13 bits per heavy atom. The minimum Gasteiger partial charge on any atom is -0.377 e. The molecule has 1 saturated carbocycles. The van der Waals surface area contributed by atoms with Crippen LogP contribution in [0.15, 0.2) is 0 Å². The Labute approximate surface area is 94.8 Å². The maximum Gasteiger partial charge on any atom is 0.0594 e. The zero-order chi connectivity index (χ0) is 11.3. The van der Waals surface area contributed by atoms with Crippen LogP contribution >= 0.6 is 0 Å². The summed E-state index contributed by atoms with van der Waals surface area (Å²) in [6, 6.07) is 0. The average molecular weight is 213 g/mol. The summed E-state index contributed by atoms with van der Waals surface area (Å²) in [6.07, 6.45) is 5.74. The van der Waals surface area contributed by atoms with Gasteiger partial charge in [0, 0.05) is 12.1 Å². The van der Waals surface area contributed by atoms with E-state index in [9.17, 15) is 0 Å². The molecule has 0 aromatic heterocycles. The van der Waals surface area contributed by atoms with Crippen molar-refractivity contribution in [2.45, 2.75) is 65.0 Å². The van der Waals surface area contributed by atoms with E-state index < -0.39 is 0 Å². The van der Waals surface area contributed by atoms with E-state index in [0.717, 1.165) is 19.1 Å². The first-order valence-electron chi connectivity index (χ1n) is 6.34. The van der Waals surface area contributed by atoms with Crippen molar-refractivity contribution in [1.29, 1.82) is 0 Å². The molecule has 15 heavy (non-hydrogen) atoms. The maximum atomic E-state index is 5.86. The van der Waals surface area contributed by atoms with Crippen LogP contribution in [0.1, 0.15) is 53.4 Å². The van der Waals surface area contributed by atoms with Gasteiger partial charge in [0.15, 0.2) is 0 Å². The van der Waals surface area contributed by atoms with Crippen LogP contribution in [0.2, 0.25) is 0 Å². The van der Waals surface area contributed by atoms with E-state index in [0.29, 0.717) is 6.10 Å². The van der Waals surface area contributed by atoms with Crippen molar-refractivity contribution in [3.8, 4) is 0 Å². The molecule has 0 atom stereocenters. The summed E-state index contributed by atoms with van der Waals surface area (Å²) in [6.45, 7) is 10.7. The van der Waals surface area contributed by atoms with Crippen LogP contribution in [-0.4, -0.2) is 24.8 Å². The van der Waals surface area contributed by atoms with Crippen molar-refractivity contribution in [1.82, 2.24) is 5.32 Å². The second kappa shape index (κ2) is 5.86. The van der Waals surface area contributed by atoms with Gasteiger partial charge in [0.2, 0.25) is 0 Å². The van der Waals surface area contributed by atoms with Gasteiger partial charge in [0.05, 0.1) is 12.7 Å². The van der Waals surface area contributed by atoms with Gasteiger partial charge in [-0.05, 0) is 52.4 Å². The van der Waals surface area contributed by atoms with E-state index in [2.05, 4.69) is 33.0 Å². The zero-order valence-electron chi connectivity index (χ0n) is 10.8. The predicted octanol–water partition coefficient (Wildman–Crippen LogP) is 2.97. The number of nitrogens with one attached hydrogen (secondary N) is 1. The number of ether oxygens (including phenoxy) is 1. The summed E-state index contributed by atoms with van der Waals surface area (Å²) >= 11 is 0. The summed E-state index contributed by atoms with van der Waals surface area (Å²) < 4.78 is 5.86. The second-order valence-electron chi connectivity index (χ2n) is 5.93. The number of rotatable bonds is 4. The third-order valence-electron chi connectivity index (χ3n) is 3.07. The minimum absolute atomic E-state index is 0.213. The highest BCUT2D eigenvalue weighted by molar-refractivity contribution is 4.72. The summed E-state index contributed by atoms with van der Waals surface area (Å²) in [7, 11) is 0. The fraction of sp³-hybridized carbons (Fsp3) is 1.00. The molecule has 90 valence electrons. The highest BCUT2D eigenvalue weighted by atomic mass is 16.5. The highest BCUT2D eigenvalue weighted by Crippen LogP contribution is 2.25. The van der Waals surface area contributed by atoms with E-state index in [-0.39, 0.29) is 5.54 Å². The minimum atomic E-state index is 0.213. The number of hydrogen-bond donors (Lipinski definition) is 1. The van der Waals surface area contributed by atoms with Crippen molar-refractivity contribution in [2.24, 2.45) is 5.92 Å². The molecule has 1 N–H and O–H groups in total. The van der Waals surface area contributed by atoms with E-state index >= 15 is 0 Å². The second-order valence-corrected chi connectivity index (χ2v) is 5.93. The smallest absolute Gasteiger partial charge is 0.0594 e. The highest BCUT2D eigenvalue weighted by Gasteiger charge is 2.18. The van der Waals surface area contributed by atoms with Gasteiger partial charge in [0.25, 0.3) is 0 Å². The normalized spacial score (nSPS) is 28.0. The Balaban J connectivity index is 2.01. The van der Waals surface area contributed by atoms with Gasteiger partial charge in [-0.25, -0.2) is 0 Å². The van der Waals surface area contributed by atoms with Crippen molar-refractivity contribution in [3.63, 3.8) is 0 Å². The molecule has 1 rings (SSSR count). The van der Waals surface area contributed by atoms with Crippen LogP contribution in [0.4, 0.5) is 0 Å². The maximum absolute atomic E-state index is 5.86. The van der Waals surface area contributed by atoms with Crippen LogP contribution in [0.3, 0.4) is 0 Å². The third kappa shape index (κ3) is 6.16. The molecular weight excluding hydrogens is 186 g/mol. The summed E-state index contributed by atoms with van der Waals surface area (Å²) in [5.74, 6) is 0.914. The molecule has 0 unspecified atom stereocenters. The fourth-order valence-corrected chi connectivity index (χ4v) is 2.05. The molecule has 0 saturated heterocycles. The van der Waals surface area contributed by atoms with Gasteiger partial charge in [-0.15, -0.1) is 0 Å². The molecule has 2 nitrogen and oxygen atoms in total. The van der Waals surface area contributed by atoms with E-state index in [1.165, 1.54) is 25.7 Å². The van der Waals surface area contributed by atoms with Crippen LogP contribution in [0, 0.1) is 5.92 Å². The van der Waals surface area contributed by atoms with Crippen molar-refractivity contribution >= 4 is 0 Å². The lowest BCUT2D eigenvalue weighted by molar-refractivity contribution is 0.0198. The molecule has 1 aliphatic carbocycles. The molecular formula is C13H27NO. The third-order valence-corrected chi connectivity index (χ3v) is 3.07. The molecule has 1 fully saturated rings. The molecule has 0 aromatic carbocycles. The van der Waals surface area contributed by atoms with Crippen molar-refractivity contribution in [2.75, 3.05) is 13.2 Å². The lowest BCUT2D eigenvalue weighted by Crippen LogP contribution is -2.38. The lowest BCUT2D eigenvalue weighted by Gasteiger charge is -2.27. The number of hydrogen-bond acceptors (Lipinski definition) is 2. The first kappa shape index (κ1) is 13.0. The molecule has 2 heteroatoms.